The average Bonchev–Trinajstić information content (AvgIpc) is 2.86. The Bertz CT molecular complexity index is 765. The van der Waals surface area contributed by atoms with Crippen molar-refractivity contribution in [2.75, 3.05) is 13.7 Å². The van der Waals surface area contributed by atoms with Crippen LogP contribution in [-0.4, -0.2) is 46.5 Å². The molecule has 0 aromatic heterocycles. The van der Waals surface area contributed by atoms with Crippen LogP contribution in [0.4, 0.5) is 0 Å². The van der Waals surface area contributed by atoms with Crippen LogP contribution < -0.4 is 0 Å². The Kier molecular flexibility index (Phi) is 5.59. The van der Waals surface area contributed by atoms with E-state index in [2.05, 4.69) is 26.0 Å². The van der Waals surface area contributed by atoms with Gasteiger partial charge in [-0.25, -0.2) is 0 Å². The number of fused-ring (bicyclic) bond motifs is 1. The summed E-state index contributed by atoms with van der Waals surface area (Å²) < 4.78 is 0. The second-order valence-corrected chi connectivity index (χ2v) is 9.09. The van der Waals surface area contributed by atoms with E-state index in [9.17, 15) is 19.8 Å². The smallest absolute Gasteiger partial charge is 0.261 e. The number of aliphatic hydroxyl groups excluding tert-OH is 2. The molecule has 6 atom stereocenters. The molecule has 3 rings (SSSR count). The summed E-state index contributed by atoms with van der Waals surface area (Å²) in [6.45, 7) is 7.87. The lowest BCUT2D eigenvalue weighted by atomic mass is 9.52. The zero-order chi connectivity index (χ0) is 20.8. The van der Waals surface area contributed by atoms with Crippen LogP contribution in [0.25, 0.3) is 0 Å². The molecule has 0 bridgehead atoms. The van der Waals surface area contributed by atoms with Crippen molar-refractivity contribution in [1.82, 2.24) is 4.90 Å². The van der Waals surface area contributed by atoms with Gasteiger partial charge in [0.05, 0.1) is 6.61 Å². The van der Waals surface area contributed by atoms with Crippen LogP contribution in [0, 0.1) is 29.1 Å². The van der Waals surface area contributed by atoms with E-state index in [0.29, 0.717) is 11.8 Å². The average molecular weight is 388 g/mol. The van der Waals surface area contributed by atoms with Gasteiger partial charge in [-0.1, -0.05) is 44.1 Å². The Labute approximate surface area is 167 Å². The van der Waals surface area contributed by atoms with Crippen LogP contribution in [-0.2, 0) is 9.59 Å². The fourth-order valence-corrected chi connectivity index (χ4v) is 5.82. The van der Waals surface area contributed by atoms with Crippen LogP contribution >= 0.6 is 0 Å². The molecule has 0 unspecified atom stereocenters. The predicted octanol–water partition coefficient (Wildman–Crippen LogP) is 3.41. The third kappa shape index (κ3) is 2.95. The van der Waals surface area contributed by atoms with E-state index in [-0.39, 0.29) is 23.2 Å². The molecule has 1 saturated heterocycles. The first kappa shape index (κ1) is 20.8. The Balaban J connectivity index is 2.19. The van der Waals surface area contributed by atoms with Gasteiger partial charge >= 0.3 is 0 Å². The molecule has 2 N–H and O–H groups in total. The number of Topliss-reactive ketones (excluding diaryl/α,β-unsaturated/α-hetero) is 1. The molecule has 0 spiro atoms. The van der Waals surface area contributed by atoms with Crippen molar-refractivity contribution < 1.29 is 19.8 Å². The molecule has 1 heterocycles. The van der Waals surface area contributed by atoms with Gasteiger partial charge in [0.2, 0.25) is 0 Å². The van der Waals surface area contributed by atoms with Crippen molar-refractivity contribution in [3.8, 4) is 0 Å². The zero-order valence-corrected chi connectivity index (χ0v) is 17.6. The van der Waals surface area contributed by atoms with Crippen LogP contribution in [0.1, 0.15) is 47.0 Å². The van der Waals surface area contributed by atoms with Gasteiger partial charge in [0, 0.05) is 18.4 Å². The van der Waals surface area contributed by atoms with Crippen molar-refractivity contribution >= 4 is 11.7 Å². The summed E-state index contributed by atoms with van der Waals surface area (Å²) in [6.07, 6.45) is 9.49. The number of allylic oxidation sites excluding steroid dienone is 5. The number of ketones is 1. The first-order valence-corrected chi connectivity index (χ1v) is 10.3. The number of amides is 1. The third-order valence-electron chi connectivity index (χ3n) is 7.40. The van der Waals surface area contributed by atoms with Crippen LogP contribution in [0.5, 0.6) is 0 Å². The lowest BCUT2D eigenvalue weighted by molar-refractivity contribution is -0.126. The maximum atomic E-state index is 12.9. The topological polar surface area (TPSA) is 77.8 Å². The minimum atomic E-state index is -0.907. The van der Waals surface area contributed by atoms with Gasteiger partial charge in [-0.3, -0.25) is 9.59 Å². The second-order valence-electron chi connectivity index (χ2n) is 9.09. The van der Waals surface area contributed by atoms with Crippen molar-refractivity contribution in [3.05, 3.63) is 35.1 Å². The summed E-state index contributed by atoms with van der Waals surface area (Å²) in [7, 11) is 1.50. The van der Waals surface area contributed by atoms with Gasteiger partial charge in [0.25, 0.3) is 5.91 Å². The van der Waals surface area contributed by atoms with Gasteiger partial charge in [0.1, 0.15) is 17.4 Å². The Hall–Kier alpha value is -1.88. The molecule has 2 aliphatic carbocycles. The molecule has 0 radical (unpaired) electrons. The van der Waals surface area contributed by atoms with Crippen LogP contribution in [0.3, 0.4) is 0 Å². The highest BCUT2D eigenvalue weighted by Crippen LogP contribution is 2.58. The van der Waals surface area contributed by atoms with Gasteiger partial charge in [-0.2, -0.15) is 0 Å². The summed E-state index contributed by atoms with van der Waals surface area (Å²) in [5.41, 5.74) is 0.320. The summed E-state index contributed by atoms with van der Waals surface area (Å²) in [4.78, 5) is 26.9. The number of hydrogen-bond donors (Lipinski definition) is 2. The van der Waals surface area contributed by atoms with Crippen molar-refractivity contribution in [2.45, 2.75) is 53.0 Å². The molecule has 0 aromatic rings. The van der Waals surface area contributed by atoms with Crippen molar-refractivity contribution in [2.24, 2.45) is 29.1 Å². The summed E-state index contributed by atoms with van der Waals surface area (Å²) >= 11 is 0. The Morgan fingerprint density at radius 3 is 2.61 bits per heavy atom. The van der Waals surface area contributed by atoms with E-state index in [1.807, 2.05) is 19.9 Å². The highest BCUT2D eigenvalue weighted by molar-refractivity contribution is 6.26. The second kappa shape index (κ2) is 7.51. The molecule has 28 heavy (non-hydrogen) atoms. The maximum absolute atomic E-state index is 12.9. The largest absolute Gasteiger partial charge is 0.511 e. The molecule has 1 amide bonds. The monoisotopic (exact) mass is 387 g/mol. The summed E-state index contributed by atoms with van der Waals surface area (Å²) in [5, 5.41) is 21.0. The first-order valence-electron chi connectivity index (χ1n) is 10.3. The highest BCUT2D eigenvalue weighted by Gasteiger charge is 2.55. The normalized spacial score (nSPS) is 40.7. The fourth-order valence-electron chi connectivity index (χ4n) is 5.82. The molecular formula is C23H33NO4. The third-order valence-corrected chi connectivity index (χ3v) is 7.40. The standard InChI is InChI=1S/C23H33NO4/c1-6-7-16-14(3)11-15-10-13(2)8-9-17(15)23(16,4)21(27)19-20(26)18(12-25)24(5)22(19)28/h6-7,11,13,15-18,25,27H,8-10,12H2,1-5H3/b7-6+,21-19+/t13-,15-,16-,17+,18+,23+/m1/s1. The van der Waals surface area contributed by atoms with Crippen LogP contribution in [0.2, 0.25) is 0 Å². The minimum Gasteiger partial charge on any atom is -0.511 e. The summed E-state index contributed by atoms with van der Waals surface area (Å²) in [6, 6.07) is -0.907. The number of carbonyl (C=O) groups excluding carboxylic acids is 2. The molecule has 1 aliphatic heterocycles. The molecule has 0 aromatic carbocycles. The molecule has 2 fully saturated rings. The maximum Gasteiger partial charge on any atom is 0.261 e. The fraction of sp³-hybridized carbons (Fsp3) is 0.652. The zero-order valence-electron chi connectivity index (χ0n) is 17.6. The molecule has 1 saturated carbocycles. The SMILES string of the molecule is C/C=C/[C@@H]1C(C)=C[C@H]2C[C@H](C)CC[C@@H]2[C@@]1(C)/C(O)=C1/C(=O)[C@H](CO)N(C)C1=O. The highest BCUT2D eigenvalue weighted by atomic mass is 16.3. The van der Waals surface area contributed by atoms with Gasteiger partial charge in [-0.15, -0.1) is 0 Å². The minimum absolute atomic E-state index is 0.0706. The number of aliphatic hydroxyl groups is 2. The van der Waals surface area contributed by atoms with Crippen molar-refractivity contribution in [3.63, 3.8) is 0 Å². The molecular weight excluding hydrogens is 354 g/mol. The number of likely N-dealkylation sites (tertiary alicyclic amines) is 1. The molecule has 3 aliphatic rings. The number of carbonyl (C=O) groups is 2. The van der Waals surface area contributed by atoms with Crippen LogP contribution in [0.15, 0.2) is 35.1 Å². The number of nitrogens with zero attached hydrogens (tertiary/aromatic N) is 1. The molecule has 154 valence electrons. The van der Waals surface area contributed by atoms with E-state index < -0.39 is 29.8 Å². The lowest BCUT2D eigenvalue weighted by Crippen LogP contribution is -2.46. The van der Waals surface area contributed by atoms with E-state index >= 15 is 0 Å². The molecule has 5 nitrogen and oxygen atoms in total. The van der Waals surface area contributed by atoms with Gasteiger partial charge < -0.3 is 15.1 Å². The predicted molar refractivity (Wildman–Crippen MR) is 108 cm³/mol. The lowest BCUT2D eigenvalue weighted by Gasteiger charge is -2.52. The number of hydrogen-bond acceptors (Lipinski definition) is 4. The van der Waals surface area contributed by atoms with Crippen molar-refractivity contribution in [1.29, 1.82) is 0 Å². The number of likely N-dealkylation sites (N-methyl/N-ethyl adjacent to an activating group) is 1. The first-order chi connectivity index (χ1) is 13.2. The van der Waals surface area contributed by atoms with Gasteiger partial charge in [0.15, 0.2) is 5.78 Å². The Morgan fingerprint density at radius 1 is 1.36 bits per heavy atom. The summed E-state index contributed by atoms with van der Waals surface area (Å²) in [5.74, 6) is -0.00149. The van der Waals surface area contributed by atoms with E-state index in [4.69, 9.17) is 0 Å². The van der Waals surface area contributed by atoms with Gasteiger partial charge in [-0.05, 0) is 44.4 Å². The van der Waals surface area contributed by atoms with E-state index in [1.54, 1.807) is 0 Å². The number of rotatable bonds is 3. The van der Waals surface area contributed by atoms with E-state index in [0.717, 1.165) is 19.3 Å². The quantitative estimate of drug-likeness (QED) is 0.337. The van der Waals surface area contributed by atoms with E-state index in [1.165, 1.54) is 17.5 Å². The Morgan fingerprint density at radius 2 is 2.04 bits per heavy atom. The molecule has 5 heteroatoms.